The van der Waals surface area contributed by atoms with Crippen molar-refractivity contribution in [1.29, 1.82) is 0 Å². The Bertz CT molecular complexity index is 855. The van der Waals surface area contributed by atoms with Crippen LogP contribution in [0.4, 0.5) is 13.2 Å². The van der Waals surface area contributed by atoms with Crippen LogP contribution in [-0.2, 0) is 16.5 Å². The van der Waals surface area contributed by atoms with Gasteiger partial charge in [0.15, 0.2) is 4.64 Å². The molecule has 0 saturated heterocycles. The SMILES string of the molecule is O=S(=O)=c1cc(Br)n(-c2c(Cl)cc(C(F)(F)F)cc2Cl)[nH]1. The molecule has 0 bridgehead atoms. The van der Waals surface area contributed by atoms with Gasteiger partial charge in [-0.2, -0.15) is 21.6 Å². The van der Waals surface area contributed by atoms with Crippen molar-refractivity contribution in [1.82, 2.24) is 9.78 Å². The average Bonchev–Trinajstić information content (AvgIpc) is 2.69. The lowest BCUT2D eigenvalue weighted by molar-refractivity contribution is -0.137. The Kier molecular flexibility index (Phi) is 4.48. The van der Waals surface area contributed by atoms with Crippen molar-refractivity contribution >= 4 is 49.4 Å². The highest BCUT2D eigenvalue weighted by molar-refractivity contribution is 9.10. The van der Waals surface area contributed by atoms with Crippen LogP contribution in [0.15, 0.2) is 22.8 Å². The summed E-state index contributed by atoms with van der Waals surface area (Å²) in [5, 5.41) is 1.87. The number of alkyl halides is 3. The summed E-state index contributed by atoms with van der Waals surface area (Å²) in [5.41, 5.74) is -1.01. The Morgan fingerprint density at radius 3 is 2.05 bits per heavy atom. The van der Waals surface area contributed by atoms with Gasteiger partial charge in [-0.1, -0.05) is 23.2 Å². The number of benzene rings is 1. The molecule has 2 rings (SSSR count). The zero-order valence-corrected chi connectivity index (χ0v) is 13.6. The number of hydrogen-bond donors (Lipinski definition) is 1. The second-order valence-electron chi connectivity index (χ2n) is 3.80. The van der Waals surface area contributed by atoms with Crippen LogP contribution in [0.5, 0.6) is 0 Å². The van der Waals surface area contributed by atoms with Gasteiger partial charge in [-0.05, 0) is 28.1 Å². The third-order valence-electron chi connectivity index (χ3n) is 2.43. The fourth-order valence-electron chi connectivity index (χ4n) is 1.56. The molecule has 0 fully saturated rings. The normalized spacial score (nSPS) is 11.7. The Hall–Kier alpha value is -0.900. The Morgan fingerprint density at radius 2 is 1.67 bits per heavy atom. The first-order chi connectivity index (χ1) is 9.61. The van der Waals surface area contributed by atoms with E-state index in [9.17, 15) is 21.6 Å². The highest BCUT2D eigenvalue weighted by Crippen LogP contribution is 2.38. The summed E-state index contributed by atoms with van der Waals surface area (Å²) in [6.45, 7) is 0. The first-order valence-electron chi connectivity index (χ1n) is 5.07. The number of rotatable bonds is 1. The minimum Gasteiger partial charge on any atom is -0.279 e. The summed E-state index contributed by atoms with van der Waals surface area (Å²) in [6, 6.07) is 2.63. The van der Waals surface area contributed by atoms with Crippen LogP contribution in [0.2, 0.25) is 10.0 Å². The van der Waals surface area contributed by atoms with Crippen molar-refractivity contribution in [2.24, 2.45) is 0 Å². The van der Waals surface area contributed by atoms with Gasteiger partial charge in [0, 0.05) is 6.07 Å². The topological polar surface area (TPSA) is 54.9 Å². The van der Waals surface area contributed by atoms with Gasteiger partial charge in [0.1, 0.15) is 10.3 Å². The Labute approximate surface area is 135 Å². The number of hydrogen-bond acceptors (Lipinski definition) is 2. The van der Waals surface area contributed by atoms with Crippen molar-refractivity contribution in [3.8, 4) is 5.69 Å². The van der Waals surface area contributed by atoms with Gasteiger partial charge in [0.25, 0.3) is 0 Å². The van der Waals surface area contributed by atoms with Gasteiger partial charge >= 0.3 is 6.18 Å². The number of aromatic nitrogens is 2. The number of nitrogens with one attached hydrogen (secondary N) is 1. The lowest BCUT2D eigenvalue weighted by Crippen LogP contribution is -2.07. The van der Waals surface area contributed by atoms with Gasteiger partial charge in [0.2, 0.25) is 10.3 Å². The van der Waals surface area contributed by atoms with E-state index in [1.165, 1.54) is 6.07 Å². The smallest absolute Gasteiger partial charge is 0.279 e. The van der Waals surface area contributed by atoms with Crippen molar-refractivity contribution in [3.63, 3.8) is 0 Å². The number of H-pyrrole nitrogens is 1. The summed E-state index contributed by atoms with van der Waals surface area (Å²) in [6.07, 6.45) is -4.59. The van der Waals surface area contributed by atoms with E-state index < -0.39 is 22.0 Å². The van der Waals surface area contributed by atoms with Crippen molar-refractivity contribution < 1.29 is 21.6 Å². The van der Waals surface area contributed by atoms with E-state index in [2.05, 4.69) is 21.0 Å². The second-order valence-corrected chi connectivity index (χ2v) is 6.34. The largest absolute Gasteiger partial charge is 0.416 e. The second kappa shape index (κ2) is 5.71. The summed E-state index contributed by atoms with van der Waals surface area (Å²) >= 11 is 14.7. The van der Waals surface area contributed by atoms with E-state index in [0.717, 1.165) is 4.68 Å². The zero-order valence-electron chi connectivity index (χ0n) is 9.67. The summed E-state index contributed by atoms with van der Waals surface area (Å²) in [7, 11) is -2.55. The van der Waals surface area contributed by atoms with Crippen LogP contribution >= 0.6 is 39.1 Å². The van der Waals surface area contributed by atoms with Crippen LogP contribution in [0, 0.1) is 4.64 Å². The number of halogens is 6. The molecular formula is C10H4BrCl2F3N2O2S. The molecule has 1 aromatic heterocycles. The predicted molar refractivity (Wildman–Crippen MR) is 75.0 cm³/mol. The van der Waals surface area contributed by atoms with Crippen LogP contribution in [0.25, 0.3) is 5.69 Å². The highest BCUT2D eigenvalue weighted by atomic mass is 79.9. The van der Waals surface area contributed by atoms with Gasteiger partial charge in [-0.15, -0.1) is 0 Å². The monoisotopic (exact) mass is 422 g/mol. The van der Waals surface area contributed by atoms with E-state index in [-0.39, 0.29) is 25.0 Å². The molecule has 114 valence electrons. The molecule has 0 radical (unpaired) electrons. The number of nitrogens with zero attached hydrogens (tertiary/aromatic N) is 1. The van der Waals surface area contributed by atoms with Crippen molar-refractivity contribution in [2.45, 2.75) is 6.18 Å². The molecule has 21 heavy (non-hydrogen) atoms. The van der Waals surface area contributed by atoms with Crippen molar-refractivity contribution in [3.05, 3.63) is 43.1 Å². The molecule has 0 aliphatic rings. The van der Waals surface area contributed by atoms with E-state index >= 15 is 0 Å². The van der Waals surface area contributed by atoms with Gasteiger partial charge < -0.3 is 0 Å². The summed E-state index contributed by atoms with van der Waals surface area (Å²) < 4.78 is 60.9. The Morgan fingerprint density at radius 1 is 1.14 bits per heavy atom. The van der Waals surface area contributed by atoms with E-state index in [0.29, 0.717) is 12.1 Å². The molecule has 1 aromatic carbocycles. The average molecular weight is 424 g/mol. The highest BCUT2D eigenvalue weighted by Gasteiger charge is 2.32. The maximum Gasteiger partial charge on any atom is 0.416 e. The quantitative estimate of drug-likeness (QED) is 0.695. The van der Waals surface area contributed by atoms with E-state index in [1.54, 1.807) is 0 Å². The maximum atomic E-state index is 12.6. The fourth-order valence-corrected chi connectivity index (χ4v) is 3.24. The molecular weight excluding hydrogens is 420 g/mol. The third-order valence-corrected chi connectivity index (χ3v) is 4.16. The zero-order chi connectivity index (χ0) is 15.9. The molecule has 2 aromatic rings. The van der Waals surface area contributed by atoms with E-state index in [4.69, 9.17) is 23.2 Å². The molecule has 0 aliphatic heterocycles. The molecule has 0 atom stereocenters. The van der Waals surface area contributed by atoms with Crippen LogP contribution < -0.4 is 0 Å². The Balaban J connectivity index is 2.75. The van der Waals surface area contributed by atoms with Crippen LogP contribution in [-0.4, -0.2) is 18.2 Å². The van der Waals surface area contributed by atoms with Gasteiger partial charge in [0.05, 0.1) is 15.6 Å². The summed E-state index contributed by atoms with van der Waals surface area (Å²) in [5.74, 6) is 0. The molecule has 0 spiro atoms. The molecule has 0 amide bonds. The molecule has 4 nitrogen and oxygen atoms in total. The molecule has 11 heteroatoms. The first-order valence-corrected chi connectivity index (χ1v) is 7.70. The molecule has 0 unspecified atom stereocenters. The fraction of sp³-hybridized carbons (Fsp3) is 0.100. The lowest BCUT2D eigenvalue weighted by Gasteiger charge is -2.13. The van der Waals surface area contributed by atoms with Crippen molar-refractivity contribution in [2.75, 3.05) is 0 Å². The summed E-state index contributed by atoms with van der Waals surface area (Å²) in [4.78, 5) is 0. The minimum atomic E-state index is -4.59. The number of aromatic amines is 1. The van der Waals surface area contributed by atoms with Gasteiger partial charge in [-0.25, -0.2) is 4.68 Å². The lowest BCUT2D eigenvalue weighted by atomic mass is 10.2. The van der Waals surface area contributed by atoms with Gasteiger partial charge in [-0.3, -0.25) is 5.10 Å². The molecule has 1 N–H and O–H groups in total. The third kappa shape index (κ3) is 3.31. The predicted octanol–water partition coefficient (Wildman–Crippen LogP) is 4.30. The molecule has 0 aliphatic carbocycles. The van der Waals surface area contributed by atoms with E-state index in [1.807, 2.05) is 0 Å². The molecule has 1 heterocycles. The maximum absolute atomic E-state index is 12.6. The van der Waals surface area contributed by atoms with Crippen LogP contribution in [0.3, 0.4) is 0 Å². The van der Waals surface area contributed by atoms with Crippen LogP contribution in [0.1, 0.15) is 5.56 Å². The minimum absolute atomic E-state index is 0.00471. The standard InChI is InChI=1S/C10H4BrCl2F3N2O2S/c11-7-3-8(21(19)20)17-18(7)9-5(12)1-4(2-6(9)13)10(14,15)16/h1-3,17H. The first kappa shape index (κ1) is 16.5. The molecule has 0 saturated carbocycles.